The van der Waals surface area contributed by atoms with Crippen molar-refractivity contribution in [1.29, 1.82) is 0 Å². The fraction of sp³-hybridized carbons (Fsp3) is 0.920. The van der Waals surface area contributed by atoms with Gasteiger partial charge in [-0.15, -0.1) is 0 Å². The Morgan fingerprint density at radius 3 is 1.93 bits per heavy atom. The molecule has 1 aliphatic heterocycles. The van der Waals surface area contributed by atoms with E-state index in [0.29, 0.717) is 6.61 Å². The highest BCUT2D eigenvalue weighted by molar-refractivity contribution is 4.89. The molecule has 1 saturated heterocycles. The van der Waals surface area contributed by atoms with E-state index < -0.39 is 24.4 Å². The van der Waals surface area contributed by atoms with Gasteiger partial charge >= 0.3 is 0 Å². The quantitative estimate of drug-likeness (QED) is 0.190. The molecule has 0 radical (unpaired) electrons. The summed E-state index contributed by atoms with van der Waals surface area (Å²) in [5, 5.41) is 28.7. The zero-order valence-corrected chi connectivity index (χ0v) is 19.4. The fourth-order valence-corrected chi connectivity index (χ4v) is 4.07. The maximum Gasteiger partial charge on any atom is 0.114 e. The van der Waals surface area contributed by atoms with Crippen LogP contribution in [0.3, 0.4) is 0 Å². The number of ether oxygens (including phenoxy) is 2. The summed E-state index contributed by atoms with van der Waals surface area (Å²) in [5.74, 6) is 0. The van der Waals surface area contributed by atoms with Gasteiger partial charge < -0.3 is 24.8 Å². The maximum absolute atomic E-state index is 9.90. The van der Waals surface area contributed by atoms with Crippen LogP contribution in [0.25, 0.3) is 0 Å². The molecule has 0 unspecified atom stereocenters. The van der Waals surface area contributed by atoms with Gasteiger partial charge in [-0.25, -0.2) is 0 Å². The molecular weight excluding hydrogens is 380 g/mol. The fourth-order valence-electron chi connectivity index (χ4n) is 4.07. The van der Waals surface area contributed by atoms with Crippen molar-refractivity contribution in [2.24, 2.45) is 0 Å². The Morgan fingerprint density at radius 2 is 1.40 bits per heavy atom. The number of unbranched alkanes of at least 4 members (excludes halogenated alkanes) is 13. The minimum absolute atomic E-state index is 0.156. The molecule has 30 heavy (non-hydrogen) atoms. The van der Waals surface area contributed by atoms with Crippen molar-refractivity contribution in [3.05, 3.63) is 12.2 Å². The molecular formula is C25H48O5. The van der Waals surface area contributed by atoms with Crippen molar-refractivity contribution in [1.82, 2.24) is 0 Å². The van der Waals surface area contributed by atoms with E-state index in [-0.39, 0.29) is 13.2 Å². The second-order valence-electron chi connectivity index (χ2n) is 8.72. The molecule has 1 aliphatic rings. The molecule has 0 aromatic carbocycles. The molecule has 178 valence electrons. The molecule has 0 saturated carbocycles. The summed E-state index contributed by atoms with van der Waals surface area (Å²) in [5.41, 5.74) is 0. The Morgan fingerprint density at radius 1 is 0.867 bits per heavy atom. The lowest BCUT2D eigenvalue weighted by Crippen LogP contribution is -2.42. The highest BCUT2D eigenvalue weighted by Crippen LogP contribution is 2.21. The second-order valence-corrected chi connectivity index (χ2v) is 8.72. The van der Waals surface area contributed by atoms with Crippen LogP contribution in [0, 0.1) is 0 Å². The average Bonchev–Trinajstić information content (AvgIpc) is 3.12. The summed E-state index contributed by atoms with van der Waals surface area (Å²) >= 11 is 0. The number of hydrogen-bond acceptors (Lipinski definition) is 5. The van der Waals surface area contributed by atoms with E-state index in [2.05, 4.69) is 19.1 Å². The van der Waals surface area contributed by atoms with Gasteiger partial charge in [0, 0.05) is 6.61 Å². The van der Waals surface area contributed by atoms with Gasteiger partial charge in [-0.05, 0) is 25.7 Å². The lowest BCUT2D eigenvalue weighted by Gasteiger charge is -2.23. The predicted octanol–water partition coefficient (Wildman–Crippen LogP) is 4.91. The minimum atomic E-state index is -1.000. The Balaban J connectivity index is 1.82. The Labute approximate surface area is 184 Å². The van der Waals surface area contributed by atoms with Crippen molar-refractivity contribution in [2.45, 2.75) is 128 Å². The van der Waals surface area contributed by atoms with E-state index in [9.17, 15) is 10.2 Å². The first-order chi connectivity index (χ1) is 14.7. The molecule has 3 N–H and O–H groups in total. The molecule has 0 aromatic heterocycles. The van der Waals surface area contributed by atoms with Crippen molar-refractivity contribution in [2.75, 3.05) is 19.8 Å². The van der Waals surface area contributed by atoms with Gasteiger partial charge in [0.05, 0.1) is 13.2 Å². The lowest BCUT2D eigenvalue weighted by molar-refractivity contribution is -0.0938. The summed E-state index contributed by atoms with van der Waals surface area (Å²) in [6, 6.07) is 0. The van der Waals surface area contributed by atoms with Crippen LogP contribution in [0.4, 0.5) is 0 Å². The lowest BCUT2D eigenvalue weighted by atomic mass is 10.0. The molecule has 1 rings (SSSR count). The largest absolute Gasteiger partial charge is 0.394 e. The molecule has 5 heteroatoms. The summed E-state index contributed by atoms with van der Waals surface area (Å²) in [7, 11) is 0. The van der Waals surface area contributed by atoms with E-state index in [0.717, 1.165) is 19.3 Å². The van der Waals surface area contributed by atoms with E-state index in [1.807, 2.05) is 0 Å². The summed E-state index contributed by atoms with van der Waals surface area (Å²) < 4.78 is 11.1. The maximum atomic E-state index is 9.90. The predicted molar refractivity (Wildman–Crippen MR) is 123 cm³/mol. The second kappa shape index (κ2) is 19.2. The van der Waals surface area contributed by atoms with Gasteiger partial charge in [-0.2, -0.15) is 0 Å². The standard InChI is InChI=1S/C25H48O5/c1-2-3-4-5-6-7-8-9-10-11-12-13-14-15-16-17-18-19-29-25-23(28)21-30-24(25)22(27)20-26/h3-4,22-28H,2,5-21H2,1H3/b4-3+/t22-,23+,24+,25+/m0/s1. The number of rotatable bonds is 20. The molecule has 5 nitrogen and oxygen atoms in total. The van der Waals surface area contributed by atoms with Gasteiger partial charge in [0.1, 0.15) is 24.4 Å². The summed E-state index contributed by atoms with van der Waals surface area (Å²) in [6.45, 7) is 2.53. The topological polar surface area (TPSA) is 79.2 Å². The van der Waals surface area contributed by atoms with E-state index in [4.69, 9.17) is 14.6 Å². The van der Waals surface area contributed by atoms with Gasteiger partial charge in [0.25, 0.3) is 0 Å². The Kier molecular flexibility index (Phi) is 17.7. The Bertz CT molecular complexity index is 401. The molecule has 0 bridgehead atoms. The van der Waals surface area contributed by atoms with Gasteiger partial charge in [0.2, 0.25) is 0 Å². The van der Waals surface area contributed by atoms with Gasteiger partial charge in [-0.1, -0.05) is 89.7 Å². The van der Waals surface area contributed by atoms with E-state index >= 15 is 0 Å². The van der Waals surface area contributed by atoms with Crippen molar-refractivity contribution < 1.29 is 24.8 Å². The summed E-state index contributed by atoms with van der Waals surface area (Å²) in [4.78, 5) is 0. The van der Waals surface area contributed by atoms with Crippen LogP contribution in [-0.2, 0) is 9.47 Å². The molecule has 4 atom stereocenters. The van der Waals surface area contributed by atoms with Crippen LogP contribution in [0.1, 0.15) is 103 Å². The van der Waals surface area contributed by atoms with E-state index in [1.165, 1.54) is 77.0 Å². The summed E-state index contributed by atoms with van der Waals surface area (Å²) in [6.07, 6.45) is 21.1. The first-order valence-corrected chi connectivity index (χ1v) is 12.6. The third-order valence-electron chi connectivity index (χ3n) is 5.96. The number of aliphatic hydroxyl groups excluding tert-OH is 3. The minimum Gasteiger partial charge on any atom is -0.394 e. The van der Waals surface area contributed by atoms with Crippen LogP contribution in [0.5, 0.6) is 0 Å². The highest BCUT2D eigenvalue weighted by Gasteiger charge is 2.40. The monoisotopic (exact) mass is 428 g/mol. The Hall–Kier alpha value is -0.460. The van der Waals surface area contributed by atoms with Crippen LogP contribution in [0.15, 0.2) is 12.2 Å². The zero-order chi connectivity index (χ0) is 21.9. The van der Waals surface area contributed by atoms with Crippen LogP contribution in [0.2, 0.25) is 0 Å². The third kappa shape index (κ3) is 13.1. The van der Waals surface area contributed by atoms with Gasteiger partial charge in [0.15, 0.2) is 0 Å². The number of hydrogen-bond donors (Lipinski definition) is 3. The van der Waals surface area contributed by atoms with Crippen molar-refractivity contribution >= 4 is 0 Å². The first-order valence-electron chi connectivity index (χ1n) is 12.6. The smallest absolute Gasteiger partial charge is 0.114 e. The van der Waals surface area contributed by atoms with Gasteiger partial charge in [-0.3, -0.25) is 0 Å². The first kappa shape index (κ1) is 27.6. The molecule has 1 fully saturated rings. The number of allylic oxidation sites excluding steroid dienone is 2. The van der Waals surface area contributed by atoms with Crippen LogP contribution >= 0.6 is 0 Å². The van der Waals surface area contributed by atoms with Crippen molar-refractivity contribution in [3.8, 4) is 0 Å². The average molecular weight is 429 g/mol. The SMILES string of the molecule is CC/C=C/CCCCCCCCCCCCCCCO[C@H]1[C@@H]([C@@H](O)CO)OC[C@H]1O. The van der Waals surface area contributed by atoms with Crippen molar-refractivity contribution in [3.63, 3.8) is 0 Å². The molecule has 0 aliphatic carbocycles. The number of aliphatic hydroxyl groups is 3. The molecule has 0 amide bonds. The van der Waals surface area contributed by atoms with E-state index in [1.54, 1.807) is 0 Å². The molecule has 1 heterocycles. The zero-order valence-electron chi connectivity index (χ0n) is 19.4. The van der Waals surface area contributed by atoms with Crippen LogP contribution < -0.4 is 0 Å². The molecule has 0 spiro atoms. The molecule has 0 aromatic rings. The normalized spacial score (nSPS) is 22.9. The third-order valence-corrected chi connectivity index (χ3v) is 5.96. The highest BCUT2D eigenvalue weighted by atomic mass is 16.6. The van der Waals surface area contributed by atoms with Crippen LogP contribution in [-0.4, -0.2) is 59.6 Å².